The average molecular weight is 412 g/mol. The van der Waals surface area contributed by atoms with Crippen molar-refractivity contribution < 1.29 is 19.1 Å². The highest BCUT2D eigenvalue weighted by molar-refractivity contribution is 5.92. The maximum atomic E-state index is 14.0. The van der Waals surface area contributed by atoms with E-state index in [0.29, 0.717) is 24.0 Å². The van der Waals surface area contributed by atoms with Gasteiger partial charge in [0.1, 0.15) is 5.82 Å². The molecule has 0 radical (unpaired) electrons. The molecule has 8 heteroatoms. The van der Waals surface area contributed by atoms with Crippen molar-refractivity contribution in [1.29, 1.82) is 0 Å². The van der Waals surface area contributed by atoms with Crippen LogP contribution in [0.15, 0.2) is 64.1 Å². The van der Waals surface area contributed by atoms with Crippen molar-refractivity contribution in [3.63, 3.8) is 0 Å². The average Bonchev–Trinajstić information content (AvgIpc) is 3.24. The molecule has 0 spiro atoms. The molecular weight excluding hydrogens is 387 g/mol. The van der Waals surface area contributed by atoms with E-state index in [9.17, 15) is 4.39 Å². The summed E-state index contributed by atoms with van der Waals surface area (Å²) in [6, 6.07) is 16.1. The number of hydrogen-bond donors (Lipinski definition) is 4. The summed E-state index contributed by atoms with van der Waals surface area (Å²) >= 11 is 0. The molecule has 30 heavy (non-hydrogen) atoms. The summed E-state index contributed by atoms with van der Waals surface area (Å²) in [7, 11) is 0. The molecule has 1 aromatic heterocycles. The number of aliphatic imine (C=N–C) groups is 1. The lowest BCUT2D eigenvalue weighted by Crippen LogP contribution is -2.33. The quantitative estimate of drug-likeness (QED) is 0.335. The van der Waals surface area contributed by atoms with Gasteiger partial charge in [0, 0.05) is 24.1 Å². The molecule has 1 atom stereocenters. The second-order valence-electron chi connectivity index (χ2n) is 6.67. The predicted octanol–water partition coefficient (Wildman–Crippen LogP) is 2.97. The molecule has 1 unspecified atom stereocenters. The number of aliphatic hydroxyl groups excluding tert-OH is 2. The van der Waals surface area contributed by atoms with Crippen LogP contribution in [0, 0.1) is 5.82 Å². The highest BCUT2D eigenvalue weighted by Crippen LogP contribution is 2.28. The first-order valence-electron chi connectivity index (χ1n) is 9.71. The van der Waals surface area contributed by atoms with Gasteiger partial charge in [0.2, 0.25) is 5.88 Å². The topological polar surface area (TPSA) is 103 Å². The second kappa shape index (κ2) is 10.5. The van der Waals surface area contributed by atoms with E-state index in [1.165, 1.54) is 6.07 Å². The number of benzene rings is 2. The minimum Gasteiger partial charge on any atom is -0.395 e. The lowest BCUT2D eigenvalue weighted by molar-refractivity contribution is 0.299. The van der Waals surface area contributed by atoms with Crippen LogP contribution in [-0.2, 0) is 0 Å². The zero-order valence-electron chi connectivity index (χ0n) is 16.7. The summed E-state index contributed by atoms with van der Waals surface area (Å²) in [6.45, 7) is 2.38. The number of anilines is 1. The Morgan fingerprint density at radius 2 is 1.90 bits per heavy atom. The first-order valence-corrected chi connectivity index (χ1v) is 9.71. The third-order valence-electron chi connectivity index (χ3n) is 4.58. The van der Waals surface area contributed by atoms with Crippen LogP contribution in [0.4, 0.5) is 10.3 Å². The Labute approximate surface area is 174 Å². The smallest absolute Gasteiger partial charge is 0.231 e. The van der Waals surface area contributed by atoms with Crippen LogP contribution in [0.5, 0.6) is 0 Å². The van der Waals surface area contributed by atoms with Gasteiger partial charge in [-0.3, -0.25) is 10.3 Å². The van der Waals surface area contributed by atoms with E-state index in [4.69, 9.17) is 14.7 Å². The van der Waals surface area contributed by atoms with E-state index < -0.39 is 0 Å². The van der Waals surface area contributed by atoms with E-state index in [0.717, 1.165) is 16.8 Å². The Kier molecular flexibility index (Phi) is 7.53. The Balaban J connectivity index is 1.71. The van der Waals surface area contributed by atoms with Gasteiger partial charge in [-0.15, -0.1) is 0 Å². The summed E-state index contributed by atoms with van der Waals surface area (Å²) in [6.07, 6.45) is 0. The number of nitrogens with one attached hydrogen (secondary N) is 2. The molecule has 0 saturated carbocycles. The molecule has 0 aliphatic rings. The number of nitrogens with zero attached hydrogens (tertiary/aromatic N) is 2. The summed E-state index contributed by atoms with van der Waals surface area (Å²) in [5.41, 5.74) is 3.11. The van der Waals surface area contributed by atoms with E-state index in [1.54, 1.807) is 18.2 Å². The number of aliphatic hydroxyl groups is 2. The van der Waals surface area contributed by atoms with Crippen LogP contribution >= 0.6 is 0 Å². The second-order valence-corrected chi connectivity index (χ2v) is 6.67. The first kappa shape index (κ1) is 21.5. The van der Waals surface area contributed by atoms with Gasteiger partial charge in [-0.1, -0.05) is 54.5 Å². The van der Waals surface area contributed by atoms with Gasteiger partial charge in [-0.2, -0.15) is 0 Å². The molecule has 0 saturated heterocycles. The van der Waals surface area contributed by atoms with Crippen molar-refractivity contribution >= 4 is 11.8 Å². The fourth-order valence-electron chi connectivity index (χ4n) is 2.96. The standard InChI is InChI=1S/C22H25FN4O3/c1-15(16-6-8-17(9-7-16)18-4-2-3-5-19(18)23)20-14-21(30-27-20)26-22(24-10-12-28)25-11-13-29/h2-9,14-15,28-29H,10-13H2,1H3,(H2,24,25,26). The molecule has 0 bridgehead atoms. The molecule has 2 aromatic carbocycles. The van der Waals surface area contributed by atoms with Gasteiger partial charge in [-0.25, -0.2) is 4.39 Å². The number of halogens is 1. The molecule has 0 aliphatic heterocycles. The zero-order chi connectivity index (χ0) is 21.3. The molecule has 3 aromatic rings. The Bertz CT molecular complexity index is 973. The Morgan fingerprint density at radius 1 is 1.13 bits per heavy atom. The molecule has 3 rings (SSSR count). The molecular formula is C22H25FN4O3. The van der Waals surface area contributed by atoms with Crippen LogP contribution in [0.25, 0.3) is 11.1 Å². The summed E-state index contributed by atoms with van der Waals surface area (Å²) in [4.78, 5) is 4.15. The molecule has 0 aliphatic carbocycles. The van der Waals surface area contributed by atoms with E-state index >= 15 is 0 Å². The molecule has 158 valence electrons. The van der Waals surface area contributed by atoms with Crippen molar-refractivity contribution in [2.45, 2.75) is 12.8 Å². The van der Waals surface area contributed by atoms with E-state index in [-0.39, 0.29) is 31.5 Å². The minimum atomic E-state index is -0.251. The van der Waals surface area contributed by atoms with Crippen molar-refractivity contribution in [2.75, 3.05) is 31.6 Å². The zero-order valence-corrected chi connectivity index (χ0v) is 16.7. The summed E-state index contributed by atoms with van der Waals surface area (Å²) in [5.74, 6) is 0.478. The fraction of sp³-hybridized carbons (Fsp3) is 0.273. The van der Waals surface area contributed by atoms with Crippen molar-refractivity contribution in [3.05, 3.63) is 71.7 Å². The van der Waals surface area contributed by atoms with Crippen LogP contribution < -0.4 is 10.6 Å². The molecule has 4 N–H and O–H groups in total. The lowest BCUT2D eigenvalue weighted by Gasteiger charge is -2.10. The maximum Gasteiger partial charge on any atom is 0.231 e. The monoisotopic (exact) mass is 412 g/mol. The van der Waals surface area contributed by atoms with Gasteiger partial charge in [0.05, 0.1) is 25.5 Å². The van der Waals surface area contributed by atoms with Gasteiger partial charge >= 0.3 is 0 Å². The van der Waals surface area contributed by atoms with E-state index in [1.807, 2.05) is 37.3 Å². The molecule has 0 fully saturated rings. The maximum absolute atomic E-state index is 14.0. The van der Waals surface area contributed by atoms with Gasteiger partial charge in [0.25, 0.3) is 0 Å². The lowest BCUT2D eigenvalue weighted by atomic mass is 9.95. The number of guanidine groups is 1. The van der Waals surface area contributed by atoms with Crippen LogP contribution in [0.2, 0.25) is 0 Å². The van der Waals surface area contributed by atoms with Crippen molar-refractivity contribution in [1.82, 2.24) is 10.5 Å². The highest BCUT2D eigenvalue weighted by atomic mass is 19.1. The molecule has 0 amide bonds. The highest BCUT2D eigenvalue weighted by Gasteiger charge is 2.15. The number of aromatic nitrogens is 1. The largest absolute Gasteiger partial charge is 0.395 e. The normalized spacial score (nSPS) is 12.6. The number of hydrogen-bond acceptors (Lipinski definition) is 5. The van der Waals surface area contributed by atoms with Crippen molar-refractivity contribution in [2.24, 2.45) is 4.99 Å². The summed E-state index contributed by atoms with van der Waals surface area (Å²) in [5, 5.41) is 27.9. The molecule has 7 nitrogen and oxygen atoms in total. The minimum absolute atomic E-state index is 0.0396. The Morgan fingerprint density at radius 3 is 2.60 bits per heavy atom. The van der Waals surface area contributed by atoms with Crippen molar-refractivity contribution in [3.8, 4) is 11.1 Å². The summed E-state index contributed by atoms with van der Waals surface area (Å²) < 4.78 is 19.3. The van der Waals surface area contributed by atoms with Crippen LogP contribution in [-0.4, -0.2) is 47.6 Å². The predicted molar refractivity (Wildman–Crippen MR) is 114 cm³/mol. The van der Waals surface area contributed by atoms with Crippen LogP contribution in [0.1, 0.15) is 24.1 Å². The Hall–Kier alpha value is -3.23. The van der Waals surface area contributed by atoms with E-state index in [2.05, 4.69) is 20.8 Å². The fourth-order valence-corrected chi connectivity index (χ4v) is 2.96. The SMILES string of the molecule is CC(c1ccc(-c2ccccc2F)cc1)c1cc(N/C(=N/CCO)NCCO)on1. The first-order chi connectivity index (χ1) is 14.6. The van der Waals surface area contributed by atoms with Crippen LogP contribution in [0.3, 0.4) is 0 Å². The van der Waals surface area contributed by atoms with Gasteiger partial charge in [0.15, 0.2) is 5.96 Å². The molecule has 1 heterocycles. The van der Waals surface area contributed by atoms with Gasteiger partial charge in [-0.05, 0) is 17.2 Å². The van der Waals surface area contributed by atoms with Gasteiger partial charge < -0.3 is 20.1 Å². The third-order valence-corrected chi connectivity index (χ3v) is 4.58. The number of rotatable bonds is 8. The third kappa shape index (κ3) is 5.43.